The van der Waals surface area contributed by atoms with E-state index in [1.165, 1.54) is 13.0 Å². The van der Waals surface area contributed by atoms with Crippen LogP contribution in [0.25, 0.3) is 17.4 Å². The van der Waals surface area contributed by atoms with E-state index in [-0.39, 0.29) is 5.78 Å². The van der Waals surface area contributed by atoms with Gasteiger partial charge in [0.05, 0.1) is 5.02 Å². The average molecular weight is 281 g/mol. The summed E-state index contributed by atoms with van der Waals surface area (Å²) in [4.78, 5) is 10.8. The molecular weight excluding hydrogens is 271 g/mol. The molecule has 0 aliphatic carbocycles. The van der Waals surface area contributed by atoms with Crippen molar-refractivity contribution in [1.82, 2.24) is 0 Å². The smallest absolute Gasteiger partial charge is 0.152 e. The van der Waals surface area contributed by atoms with Crippen LogP contribution in [0.5, 0.6) is 0 Å². The molecule has 0 fully saturated rings. The van der Waals surface area contributed by atoms with Crippen molar-refractivity contribution in [3.05, 3.63) is 52.2 Å². The van der Waals surface area contributed by atoms with E-state index < -0.39 is 0 Å². The molecule has 18 heavy (non-hydrogen) atoms. The molecule has 0 bridgehead atoms. The molecule has 0 saturated carbocycles. The Morgan fingerprint density at radius 2 is 2.00 bits per heavy atom. The fourth-order valence-electron chi connectivity index (χ4n) is 1.48. The third kappa shape index (κ3) is 3.03. The quantitative estimate of drug-likeness (QED) is 0.752. The lowest BCUT2D eigenvalue weighted by Gasteiger charge is -2.00. The summed E-state index contributed by atoms with van der Waals surface area (Å²) < 4.78 is 5.57. The summed E-state index contributed by atoms with van der Waals surface area (Å²) >= 11 is 11.9. The molecule has 2 nitrogen and oxygen atoms in total. The number of hydrogen-bond acceptors (Lipinski definition) is 2. The minimum Gasteiger partial charge on any atom is -0.457 e. The van der Waals surface area contributed by atoms with Gasteiger partial charge in [0.25, 0.3) is 0 Å². The Bertz CT molecular complexity index is 612. The van der Waals surface area contributed by atoms with Gasteiger partial charge in [0.1, 0.15) is 11.5 Å². The van der Waals surface area contributed by atoms with E-state index in [0.29, 0.717) is 21.6 Å². The number of carbonyl (C=O) groups excluding carboxylic acids is 1. The van der Waals surface area contributed by atoms with Crippen molar-refractivity contribution < 1.29 is 9.21 Å². The van der Waals surface area contributed by atoms with Crippen LogP contribution in [-0.2, 0) is 4.79 Å². The highest BCUT2D eigenvalue weighted by Gasteiger charge is 2.08. The van der Waals surface area contributed by atoms with Crippen molar-refractivity contribution in [1.29, 1.82) is 0 Å². The highest BCUT2D eigenvalue weighted by atomic mass is 35.5. The lowest BCUT2D eigenvalue weighted by molar-refractivity contribution is -0.112. The number of halogens is 2. The Morgan fingerprint density at radius 3 is 2.67 bits per heavy atom. The highest BCUT2D eigenvalue weighted by molar-refractivity contribution is 6.36. The summed E-state index contributed by atoms with van der Waals surface area (Å²) in [7, 11) is 0. The van der Waals surface area contributed by atoms with Crippen LogP contribution in [0, 0.1) is 0 Å². The van der Waals surface area contributed by atoms with E-state index in [4.69, 9.17) is 27.6 Å². The molecule has 0 spiro atoms. The van der Waals surface area contributed by atoms with Crippen molar-refractivity contribution in [3.8, 4) is 11.3 Å². The molecule has 1 heterocycles. The van der Waals surface area contributed by atoms with Crippen LogP contribution in [0.15, 0.2) is 40.8 Å². The first-order valence-electron chi connectivity index (χ1n) is 5.30. The minimum atomic E-state index is -0.0301. The third-order valence-corrected chi connectivity index (χ3v) is 2.85. The lowest BCUT2D eigenvalue weighted by Crippen LogP contribution is -1.78. The van der Waals surface area contributed by atoms with Crippen LogP contribution in [0.2, 0.25) is 10.0 Å². The molecule has 92 valence electrons. The molecule has 0 atom stereocenters. The maximum absolute atomic E-state index is 10.8. The first kappa shape index (κ1) is 12.9. The molecule has 0 unspecified atom stereocenters. The van der Waals surface area contributed by atoms with Gasteiger partial charge in [-0.25, -0.2) is 0 Å². The number of carbonyl (C=O) groups is 1. The van der Waals surface area contributed by atoms with Crippen LogP contribution in [0.1, 0.15) is 12.7 Å². The fourth-order valence-corrected chi connectivity index (χ4v) is 1.98. The van der Waals surface area contributed by atoms with Crippen molar-refractivity contribution in [3.63, 3.8) is 0 Å². The molecule has 2 rings (SSSR count). The molecule has 0 N–H and O–H groups in total. The fraction of sp³-hybridized carbons (Fsp3) is 0.0714. The largest absolute Gasteiger partial charge is 0.457 e. The highest BCUT2D eigenvalue weighted by Crippen LogP contribution is 2.31. The maximum atomic E-state index is 10.8. The zero-order chi connectivity index (χ0) is 13.1. The molecule has 0 radical (unpaired) electrons. The van der Waals surface area contributed by atoms with Gasteiger partial charge in [-0.05, 0) is 49.4 Å². The van der Waals surface area contributed by atoms with E-state index in [9.17, 15) is 4.79 Å². The second-order valence-electron chi connectivity index (χ2n) is 3.77. The predicted molar refractivity (Wildman–Crippen MR) is 73.9 cm³/mol. The summed E-state index contributed by atoms with van der Waals surface area (Å²) in [5.74, 6) is 1.21. The Labute approximate surface area is 115 Å². The van der Waals surface area contributed by atoms with Crippen LogP contribution in [0.3, 0.4) is 0 Å². The Balaban J connectivity index is 2.32. The van der Waals surface area contributed by atoms with Gasteiger partial charge in [-0.15, -0.1) is 0 Å². The second-order valence-corrected chi connectivity index (χ2v) is 4.61. The Kier molecular flexibility index (Phi) is 3.90. The zero-order valence-corrected chi connectivity index (χ0v) is 11.1. The van der Waals surface area contributed by atoms with Gasteiger partial charge in [0.15, 0.2) is 5.78 Å². The van der Waals surface area contributed by atoms with E-state index >= 15 is 0 Å². The van der Waals surface area contributed by atoms with Gasteiger partial charge >= 0.3 is 0 Å². The molecule has 0 amide bonds. The number of rotatable bonds is 3. The summed E-state index contributed by atoms with van der Waals surface area (Å²) in [6.07, 6.45) is 3.07. The van der Waals surface area contributed by atoms with E-state index in [2.05, 4.69) is 0 Å². The summed E-state index contributed by atoms with van der Waals surface area (Å²) in [6, 6.07) is 8.78. The SMILES string of the molecule is CC(=O)/C=C/c1ccc(-c2ccc(Cl)cc2Cl)o1. The number of benzene rings is 1. The number of allylic oxidation sites excluding steroid dienone is 1. The Morgan fingerprint density at radius 1 is 1.22 bits per heavy atom. The normalized spacial score (nSPS) is 11.1. The zero-order valence-electron chi connectivity index (χ0n) is 9.61. The summed E-state index contributed by atoms with van der Waals surface area (Å²) in [6.45, 7) is 1.48. The van der Waals surface area contributed by atoms with Crippen molar-refractivity contribution >= 4 is 35.1 Å². The number of furan rings is 1. The second kappa shape index (κ2) is 5.42. The summed E-state index contributed by atoms with van der Waals surface area (Å²) in [5.41, 5.74) is 0.767. The lowest BCUT2D eigenvalue weighted by atomic mass is 10.2. The van der Waals surface area contributed by atoms with Gasteiger partial charge in [-0.1, -0.05) is 23.2 Å². The molecular formula is C14H10Cl2O2. The van der Waals surface area contributed by atoms with E-state index in [1.807, 2.05) is 0 Å². The molecule has 4 heteroatoms. The molecule has 1 aromatic heterocycles. The molecule has 0 aliphatic heterocycles. The van der Waals surface area contributed by atoms with E-state index in [0.717, 1.165) is 5.56 Å². The standard InChI is InChI=1S/C14H10Cl2O2/c1-9(17)2-4-11-5-7-14(18-11)12-6-3-10(15)8-13(12)16/h2-8H,1H3/b4-2+. The van der Waals surface area contributed by atoms with Crippen LogP contribution < -0.4 is 0 Å². The predicted octanol–water partition coefficient (Wildman–Crippen LogP) is 4.86. The van der Waals surface area contributed by atoms with Gasteiger partial charge in [0, 0.05) is 10.6 Å². The van der Waals surface area contributed by atoms with Gasteiger partial charge in [0.2, 0.25) is 0 Å². The van der Waals surface area contributed by atoms with Crippen LogP contribution >= 0.6 is 23.2 Å². The average Bonchev–Trinajstić information content (AvgIpc) is 2.75. The third-order valence-electron chi connectivity index (χ3n) is 2.31. The monoisotopic (exact) mass is 280 g/mol. The van der Waals surface area contributed by atoms with Crippen molar-refractivity contribution in [2.24, 2.45) is 0 Å². The van der Waals surface area contributed by atoms with Crippen LogP contribution in [-0.4, -0.2) is 5.78 Å². The van der Waals surface area contributed by atoms with Crippen molar-refractivity contribution in [2.45, 2.75) is 6.92 Å². The maximum Gasteiger partial charge on any atom is 0.152 e. The minimum absolute atomic E-state index is 0.0301. The number of hydrogen-bond donors (Lipinski definition) is 0. The first-order chi connectivity index (χ1) is 8.56. The van der Waals surface area contributed by atoms with Crippen LogP contribution in [0.4, 0.5) is 0 Å². The number of ketones is 1. The molecule has 2 aromatic rings. The van der Waals surface area contributed by atoms with Gasteiger partial charge < -0.3 is 4.42 Å². The van der Waals surface area contributed by atoms with E-state index in [1.54, 1.807) is 36.4 Å². The van der Waals surface area contributed by atoms with Crippen molar-refractivity contribution in [2.75, 3.05) is 0 Å². The van der Waals surface area contributed by atoms with Gasteiger partial charge in [-0.2, -0.15) is 0 Å². The molecule has 0 saturated heterocycles. The Hall–Kier alpha value is -1.51. The molecule has 0 aliphatic rings. The van der Waals surface area contributed by atoms with Gasteiger partial charge in [-0.3, -0.25) is 4.79 Å². The summed E-state index contributed by atoms with van der Waals surface area (Å²) in [5, 5.41) is 1.10. The first-order valence-corrected chi connectivity index (χ1v) is 6.06. The molecule has 1 aromatic carbocycles. The topological polar surface area (TPSA) is 30.2 Å².